The van der Waals surface area contributed by atoms with E-state index in [1.165, 1.54) is 25.9 Å². The van der Waals surface area contributed by atoms with E-state index in [0.29, 0.717) is 12.1 Å². The largest absolute Gasteiger partial charge is 0.450 e. The molecule has 0 bridgehead atoms. The minimum atomic E-state index is -3.80. The van der Waals surface area contributed by atoms with Crippen LogP contribution in [0.15, 0.2) is 56.6 Å². The van der Waals surface area contributed by atoms with Crippen LogP contribution in [0.2, 0.25) is 0 Å². The van der Waals surface area contributed by atoms with Gasteiger partial charge in [-0.1, -0.05) is 29.8 Å². The van der Waals surface area contributed by atoms with Gasteiger partial charge in [-0.3, -0.25) is 4.57 Å². The summed E-state index contributed by atoms with van der Waals surface area (Å²) in [6, 6.07) is 12.3. The van der Waals surface area contributed by atoms with E-state index < -0.39 is 21.9 Å². The molecular formula is C22H25N3O6S. The average molecular weight is 460 g/mol. The van der Waals surface area contributed by atoms with E-state index in [1.54, 1.807) is 13.0 Å². The molecule has 0 spiro atoms. The van der Waals surface area contributed by atoms with Crippen LogP contribution in [0.5, 0.6) is 0 Å². The summed E-state index contributed by atoms with van der Waals surface area (Å²) >= 11 is 0. The van der Waals surface area contributed by atoms with Gasteiger partial charge in [-0.05, 0) is 31.5 Å². The Morgan fingerprint density at radius 3 is 2.41 bits per heavy atom. The van der Waals surface area contributed by atoms with Crippen molar-refractivity contribution in [1.29, 1.82) is 0 Å². The van der Waals surface area contributed by atoms with E-state index >= 15 is 0 Å². The Kier molecular flexibility index (Phi) is 6.07. The van der Waals surface area contributed by atoms with Crippen LogP contribution in [0.1, 0.15) is 18.1 Å². The number of oxazole rings is 1. The Hall–Kier alpha value is -3.11. The SMILES string of the molecule is CCOC(=O)N1CCN(S(=O)(=O)c2ccc3c(c2)oc(=O)n3Cc2ccc(C)cc2)CC1. The lowest BCUT2D eigenvalue weighted by molar-refractivity contribution is 0.0934. The molecule has 2 aromatic carbocycles. The first-order valence-corrected chi connectivity index (χ1v) is 11.8. The molecule has 1 fully saturated rings. The van der Waals surface area contributed by atoms with E-state index in [4.69, 9.17) is 9.15 Å². The fourth-order valence-corrected chi connectivity index (χ4v) is 5.15. The highest BCUT2D eigenvalue weighted by Gasteiger charge is 2.31. The van der Waals surface area contributed by atoms with Crippen LogP contribution in [0, 0.1) is 6.92 Å². The van der Waals surface area contributed by atoms with E-state index in [1.807, 2.05) is 31.2 Å². The number of aromatic nitrogens is 1. The first kappa shape index (κ1) is 22.1. The maximum atomic E-state index is 13.1. The summed E-state index contributed by atoms with van der Waals surface area (Å²) in [5, 5.41) is 0. The van der Waals surface area contributed by atoms with Crippen molar-refractivity contribution >= 4 is 27.2 Å². The molecule has 9 nitrogen and oxygen atoms in total. The van der Waals surface area contributed by atoms with E-state index in [-0.39, 0.29) is 43.3 Å². The number of carbonyl (C=O) groups is 1. The van der Waals surface area contributed by atoms with Gasteiger partial charge in [0.1, 0.15) is 0 Å². The van der Waals surface area contributed by atoms with Gasteiger partial charge in [0.15, 0.2) is 5.58 Å². The number of piperazine rings is 1. The van der Waals surface area contributed by atoms with E-state index in [0.717, 1.165) is 11.1 Å². The summed E-state index contributed by atoms with van der Waals surface area (Å²) in [7, 11) is -3.80. The molecule has 3 aromatic rings. The van der Waals surface area contributed by atoms with Crippen LogP contribution in [-0.4, -0.2) is 61.1 Å². The standard InChI is InChI=1S/C22H25N3O6S/c1-3-30-21(26)23-10-12-24(13-11-23)32(28,29)18-8-9-19-20(14-18)31-22(27)25(19)15-17-6-4-16(2)5-7-17/h4-9,14H,3,10-13,15H2,1-2H3. The lowest BCUT2D eigenvalue weighted by Gasteiger charge is -2.33. The molecule has 10 heteroatoms. The summed E-state index contributed by atoms with van der Waals surface area (Å²) in [6.45, 7) is 5.14. The fourth-order valence-electron chi connectivity index (χ4n) is 3.71. The van der Waals surface area contributed by atoms with Gasteiger partial charge in [-0.2, -0.15) is 4.31 Å². The predicted octanol–water partition coefficient (Wildman–Crippen LogP) is 2.41. The number of rotatable bonds is 5. The maximum absolute atomic E-state index is 13.1. The number of carbonyl (C=O) groups excluding carboxylic acids is 1. The molecule has 0 radical (unpaired) electrons. The Bertz CT molecular complexity index is 1290. The Balaban J connectivity index is 1.55. The van der Waals surface area contributed by atoms with Crippen molar-refractivity contribution in [3.63, 3.8) is 0 Å². The van der Waals surface area contributed by atoms with Crippen LogP contribution >= 0.6 is 0 Å². The molecule has 0 unspecified atom stereocenters. The Labute approximate surface area is 185 Å². The number of amides is 1. The first-order valence-electron chi connectivity index (χ1n) is 10.4. The van der Waals surface area contributed by atoms with Gasteiger partial charge in [0.2, 0.25) is 10.0 Å². The zero-order chi connectivity index (χ0) is 22.9. The smallest absolute Gasteiger partial charge is 0.420 e. The van der Waals surface area contributed by atoms with Gasteiger partial charge in [0.05, 0.1) is 23.6 Å². The quantitative estimate of drug-likeness (QED) is 0.581. The van der Waals surface area contributed by atoms with Crippen LogP contribution in [0.25, 0.3) is 11.1 Å². The molecule has 1 amide bonds. The highest BCUT2D eigenvalue weighted by Crippen LogP contribution is 2.23. The van der Waals surface area contributed by atoms with Crippen molar-refractivity contribution in [2.45, 2.75) is 25.3 Å². The van der Waals surface area contributed by atoms with Gasteiger partial charge in [0.25, 0.3) is 0 Å². The van der Waals surface area contributed by atoms with Gasteiger partial charge in [-0.25, -0.2) is 18.0 Å². The topological polar surface area (TPSA) is 102 Å². The number of ether oxygens (including phenoxy) is 1. The predicted molar refractivity (Wildman–Crippen MR) is 118 cm³/mol. The number of benzene rings is 2. The highest BCUT2D eigenvalue weighted by molar-refractivity contribution is 7.89. The summed E-state index contributed by atoms with van der Waals surface area (Å²) in [6.07, 6.45) is -0.442. The number of nitrogens with zero attached hydrogens (tertiary/aromatic N) is 3. The minimum Gasteiger partial charge on any atom is -0.450 e. The molecule has 170 valence electrons. The normalized spacial score (nSPS) is 15.2. The molecule has 1 aliphatic rings. The molecule has 0 aliphatic carbocycles. The fraction of sp³-hybridized carbons (Fsp3) is 0.364. The third kappa shape index (κ3) is 4.28. The molecule has 0 atom stereocenters. The van der Waals surface area contributed by atoms with Crippen LogP contribution < -0.4 is 5.76 Å². The molecule has 32 heavy (non-hydrogen) atoms. The van der Waals surface area contributed by atoms with Gasteiger partial charge in [-0.15, -0.1) is 0 Å². The number of hydrogen-bond donors (Lipinski definition) is 0. The molecule has 1 aromatic heterocycles. The third-order valence-electron chi connectivity index (χ3n) is 5.50. The number of hydrogen-bond acceptors (Lipinski definition) is 6. The van der Waals surface area contributed by atoms with Crippen LogP contribution in [0.4, 0.5) is 4.79 Å². The van der Waals surface area contributed by atoms with Crippen molar-refractivity contribution in [2.24, 2.45) is 0 Å². The number of aryl methyl sites for hydroxylation is 1. The summed E-state index contributed by atoms with van der Waals surface area (Å²) in [4.78, 5) is 25.8. The minimum absolute atomic E-state index is 0.0471. The zero-order valence-corrected chi connectivity index (χ0v) is 18.8. The molecule has 0 saturated carbocycles. The first-order chi connectivity index (χ1) is 15.3. The van der Waals surface area contributed by atoms with E-state index in [2.05, 4.69) is 0 Å². The molecule has 2 heterocycles. The monoisotopic (exact) mass is 459 g/mol. The Morgan fingerprint density at radius 2 is 1.75 bits per heavy atom. The molecule has 4 rings (SSSR count). The van der Waals surface area contributed by atoms with Crippen LogP contribution in [-0.2, 0) is 21.3 Å². The van der Waals surface area contributed by atoms with Crippen molar-refractivity contribution in [3.8, 4) is 0 Å². The second kappa shape index (κ2) is 8.79. The lowest BCUT2D eigenvalue weighted by Crippen LogP contribution is -2.50. The van der Waals surface area contributed by atoms with Crippen LogP contribution in [0.3, 0.4) is 0 Å². The summed E-state index contributed by atoms with van der Waals surface area (Å²) in [5.74, 6) is -0.543. The third-order valence-corrected chi connectivity index (χ3v) is 7.40. The molecular weight excluding hydrogens is 434 g/mol. The second-order valence-electron chi connectivity index (χ2n) is 7.66. The number of fused-ring (bicyclic) bond motifs is 1. The molecule has 1 saturated heterocycles. The van der Waals surface area contributed by atoms with E-state index in [9.17, 15) is 18.0 Å². The lowest BCUT2D eigenvalue weighted by atomic mass is 10.1. The highest BCUT2D eigenvalue weighted by atomic mass is 32.2. The van der Waals surface area contributed by atoms with Crippen molar-refractivity contribution in [2.75, 3.05) is 32.8 Å². The molecule has 1 aliphatic heterocycles. The van der Waals surface area contributed by atoms with Crippen molar-refractivity contribution in [1.82, 2.24) is 13.8 Å². The number of sulfonamides is 1. The van der Waals surface area contributed by atoms with Gasteiger partial charge >= 0.3 is 11.8 Å². The summed E-state index contributed by atoms with van der Waals surface area (Å²) in [5.41, 5.74) is 2.81. The molecule has 0 N–H and O–H groups in total. The summed E-state index contributed by atoms with van der Waals surface area (Å²) < 4.78 is 39.4. The van der Waals surface area contributed by atoms with Crippen molar-refractivity contribution < 1.29 is 22.4 Å². The van der Waals surface area contributed by atoms with Gasteiger partial charge < -0.3 is 14.1 Å². The van der Waals surface area contributed by atoms with Crippen molar-refractivity contribution in [3.05, 3.63) is 64.1 Å². The zero-order valence-electron chi connectivity index (χ0n) is 18.0. The average Bonchev–Trinajstić information content (AvgIpc) is 3.09. The van der Waals surface area contributed by atoms with Gasteiger partial charge in [0, 0.05) is 32.2 Å². The second-order valence-corrected chi connectivity index (χ2v) is 9.60. The Morgan fingerprint density at radius 1 is 1.06 bits per heavy atom. The maximum Gasteiger partial charge on any atom is 0.420 e.